The molecule has 0 saturated carbocycles. The maximum Gasteiger partial charge on any atom is 0.412 e. The summed E-state index contributed by atoms with van der Waals surface area (Å²) in [6.07, 6.45) is -4.50. The van der Waals surface area contributed by atoms with Crippen molar-refractivity contribution in [3.8, 4) is 0 Å². The summed E-state index contributed by atoms with van der Waals surface area (Å²) in [5, 5.41) is 2.03. The van der Waals surface area contributed by atoms with Gasteiger partial charge in [-0.15, -0.1) is 0 Å². The number of halogens is 3. The summed E-state index contributed by atoms with van der Waals surface area (Å²) in [5.41, 5.74) is 0.914. The third-order valence-corrected chi connectivity index (χ3v) is 2.55. The Kier molecular flexibility index (Phi) is 4.38. The smallest absolute Gasteiger partial charge is 0.341 e. The Bertz CT molecular complexity index is 409. The van der Waals surface area contributed by atoms with Gasteiger partial charge in [0.15, 0.2) is 6.04 Å². The van der Waals surface area contributed by atoms with Crippen molar-refractivity contribution in [1.82, 2.24) is 5.32 Å². The first-order valence-corrected chi connectivity index (χ1v) is 5.65. The lowest BCUT2D eigenvalue weighted by Gasteiger charge is -2.23. The zero-order valence-electron chi connectivity index (χ0n) is 10.5. The predicted molar refractivity (Wildman–Crippen MR) is 63.0 cm³/mol. The number of amides is 1. The lowest BCUT2D eigenvalue weighted by Crippen LogP contribution is -2.40. The van der Waals surface area contributed by atoms with Crippen molar-refractivity contribution in [2.45, 2.75) is 33.0 Å². The highest BCUT2D eigenvalue weighted by Gasteiger charge is 2.41. The van der Waals surface area contributed by atoms with Crippen LogP contribution < -0.4 is 5.32 Å². The fraction of sp³-hybridized carbons (Fsp3) is 0.462. The van der Waals surface area contributed by atoms with Gasteiger partial charge in [0.1, 0.15) is 0 Å². The molecule has 18 heavy (non-hydrogen) atoms. The van der Waals surface area contributed by atoms with E-state index in [-0.39, 0.29) is 5.56 Å². The molecule has 0 aliphatic rings. The Morgan fingerprint density at radius 3 is 2.06 bits per heavy atom. The third-order valence-electron chi connectivity index (χ3n) is 2.55. The summed E-state index contributed by atoms with van der Waals surface area (Å²) >= 11 is 0. The Balaban J connectivity index is 2.99. The Labute approximate surface area is 104 Å². The summed E-state index contributed by atoms with van der Waals surface area (Å²) in [5.74, 6) is -1.10. The van der Waals surface area contributed by atoms with Crippen molar-refractivity contribution >= 4 is 5.91 Å². The number of nitrogens with one attached hydrogen (secondary N) is 1. The molecule has 0 aliphatic carbocycles. The number of hydrogen-bond acceptors (Lipinski definition) is 1. The molecule has 1 rings (SSSR count). The highest BCUT2D eigenvalue weighted by atomic mass is 19.4. The molecule has 0 aromatic heterocycles. The summed E-state index contributed by atoms with van der Waals surface area (Å²) in [6.45, 7) is 4.90. The van der Waals surface area contributed by atoms with E-state index < -0.39 is 24.0 Å². The highest BCUT2D eigenvalue weighted by Crippen LogP contribution is 2.32. The first-order valence-electron chi connectivity index (χ1n) is 5.65. The summed E-state index contributed by atoms with van der Waals surface area (Å²) in [6, 6.07) is 4.00. The van der Waals surface area contributed by atoms with Crippen molar-refractivity contribution in [3.05, 3.63) is 35.4 Å². The van der Waals surface area contributed by atoms with E-state index >= 15 is 0 Å². The second kappa shape index (κ2) is 5.42. The normalized spacial score (nSPS) is 13.5. The van der Waals surface area contributed by atoms with Gasteiger partial charge >= 0.3 is 6.18 Å². The van der Waals surface area contributed by atoms with Crippen molar-refractivity contribution in [3.63, 3.8) is 0 Å². The predicted octanol–water partition coefficient (Wildman–Crippen LogP) is 3.37. The van der Waals surface area contributed by atoms with Crippen LogP contribution in [0.25, 0.3) is 0 Å². The van der Waals surface area contributed by atoms with Crippen LogP contribution in [0.5, 0.6) is 0 Å². The van der Waals surface area contributed by atoms with Gasteiger partial charge in [-0.05, 0) is 12.5 Å². The van der Waals surface area contributed by atoms with Crippen LogP contribution in [0.1, 0.15) is 31.0 Å². The molecule has 0 heterocycles. The van der Waals surface area contributed by atoms with Gasteiger partial charge < -0.3 is 5.32 Å². The molecule has 0 bridgehead atoms. The fourth-order valence-corrected chi connectivity index (χ4v) is 1.42. The minimum atomic E-state index is -4.50. The number of aryl methyl sites for hydroxylation is 1. The van der Waals surface area contributed by atoms with Crippen molar-refractivity contribution in [1.29, 1.82) is 0 Å². The molecular formula is C13H16F3NO. The van der Waals surface area contributed by atoms with Crippen molar-refractivity contribution in [2.24, 2.45) is 5.92 Å². The number of alkyl halides is 3. The van der Waals surface area contributed by atoms with E-state index in [2.05, 4.69) is 0 Å². The second-order valence-electron chi connectivity index (χ2n) is 4.55. The molecule has 5 heteroatoms. The number of carbonyl (C=O) groups excluding carboxylic acids is 1. The zero-order valence-corrected chi connectivity index (χ0v) is 10.5. The quantitative estimate of drug-likeness (QED) is 0.886. The zero-order chi connectivity index (χ0) is 13.9. The molecule has 1 aromatic carbocycles. The van der Waals surface area contributed by atoms with Gasteiger partial charge in [-0.25, -0.2) is 0 Å². The Morgan fingerprint density at radius 1 is 1.17 bits per heavy atom. The van der Waals surface area contributed by atoms with Crippen LogP contribution in [-0.4, -0.2) is 12.1 Å². The molecule has 1 N–H and O–H groups in total. The minimum absolute atomic E-state index is 0.0436. The van der Waals surface area contributed by atoms with Gasteiger partial charge in [-0.1, -0.05) is 43.7 Å². The first kappa shape index (κ1) is 14.5. The second-order valence-corrected chi connectivity index (χ2v) is 4.55. The molecule has 0 radical (unpaired) electrons. The van der Waals surface area contributed by atoms with Gasteiger partial charge in [-0.3, -0.25) is 4.79 Å². The molecule has 1 atom stereocenters. The summed E-state index contributed by atoms with van der Waals surface area (Å²) in [4.78, 5) is 11.4. The van der Waals surface area contributed by atoms with Gasteiger partial charge in [0, 0.05) is 5.92 Å². The van der Waals surface area contributed by atoms with E-state index in [0.29, 0.717) is 0 Å². The number of carbonyl (C=O) groups is 1. The molecule has 1 aromatic rings. The summed E-state index contributed by atoms with van der Waals surface area (Å²) in [7, 11) is 0. The molecule has 0 saturated heterocycles. The lowest BCUT2D eigenvalue weighted by atomic mass is 10.0. The van der Waals surface area contributed by atoms with E-state index in [4.69, 9.17) is 0 Å². The summed E-state index contributed by atoms with van der Waals surface area (Å²) < 4.78 is 38.7. The van der Waals surface area contributed by atoms with E-state index in [1.54, 1.807) is 32.9 Å². The van der Waals surface area contributed by atoms with Crippen LogP contribution >= 0.6 is 0 Å². The van der Waals surface area contributed by atoms with Crippen LogP contribution in [0.3, 0.4) is 0 Å². The maximum absolute atomic E-state index is 12.9. The highest BCUT2D eigenvalue weighted by molar-refractivity contribution is 5.78. The van der Waals surface area contributed by atoms with Gasteiger partial charge in [0.25, 0.3) is 0 Å². The molecule has 100 valence electrons. The molecule has 0 aliphatic heterocycles. The van der Waals surface area contributed by atoms with Crippen LogP contribution in [0.2, 0.25) is 0 Å². The first-order chi connectivity index (χ1) is 8.21. The largest absolute Gasteiger partial charge is 0.412 e. The van der Waals surface area contributed by atoms with E-state index in [9.17, 15) is 18.0 Å². The van der Waals surface area contributed by atoms with E-state index in [0.717, 1.165) is 5.56 Å². The Hall–Kier alpha value is -1.52. The molecule has 0 fully saturated rings. The lowest BCUT2D eigenvalue weighted by molar-refractivity contribution is -0.164. The van der Waals surface area contributed by atoms with Gasteiger partial charge in [0.05, 0.1) is 0 Å². The third kappa shape index (κ3) is 3.75. The van der Waals surface area contributed by atoms with E-state index in [1.807, 2.05) is 5.32 Å². The number of hydrogen-bond donors (Lipinski definition) is 1. The minimum Gasteiger partial charge on any atom is -0.341 e. The standard InChI is InChI=1S/C13H16F3NO/c1-8(2)12(18)17-11(13(14,15)16)10-6-4-9(3)5-7-10/h4-8,11H,1-3H3,(H,17,18)/t11-/m1/s1. The van der Waals surface area contributed by atoms with Crippen LogP contribution in [0.15, 0.2) is 24.3 Å². The monoisotopic (exact) mass is 259 g/mol. The Morgan fingerprint density at radius 2 is 1.67 bits per heavy atom. The molecular weight excluding hydrogens is 243 g/mol. The maximum atomic E-state index is 12.9. The number of rotatable bonds is 3. The molecule has 2 nitrogen and oxygen atoms in total. The van der Waals surface area contributed by atoms with Crippen molar-refractivity contribution in [2.75, 3.05) is 0 Å². The van der Waals surface area contributed by atoms with E-state index in [1.165, 1.54) is 12.1 Å². The molecule has 0 spiro atoms. The van der Waals surface area contributed by atoms with Gasteiger partial charge in [0.2, 0.25) is 5.91 Å². The van der Waals surface area contributed by atoms with Crippen molar-refractivity contribution < 1.29 is 18.0 Å². The SMILES string of the molecule is Cc1ccc([C@@H](NC(=O)C(C)C)C(F)(F)F)cc1. The average Bonchev–Trinajstić information content (AvgIpc) is 2.25. The fourth-order valence-electron chi connectivity index (χ4n) is 1.42. The molecule has 0 unspecified atom stereocenters. The van der Waals surface area contributed by atoms with Crippen LogP contribution in [0.4, 0.5) is 13.2 Å². The van der Waals surface area contributed by atoms with Crippen LogP contribution in [0, 0.1) is 12.8 Å². The van der Waals surface area contributed by atoms with Gasteiger partial charge in [-0.2, -0.15) is 13.2 Å². The number of benzene rings is 1. The van der Waals surface area contributed by atoms with Crippen LogP contribution in [-0.2, 0) is 4.79 Å². The average molecular weight is 259 g/mol. The topological polar surface area (TPSA) is 29.1 Å². The molecule has 1 amide bonds.